The van der Waals surface area contributed by atoms with Crippen molar-refractivity contribution in [2.24, 2.45) is 5.73 Å². The van der Waals surface area contributed by atoms with Crippen molar-refractivity contribution in [2.45, 2.75) is 39.2 Å². The Labute approximate surface area is 153 Å². The molecule has 0 unspecified atom stereocenters. The number of benzene rings is 1. The molecule has 2 aromatic rings. The maximum Gasteiger partial charge on any atom is 0.573 e. The predicted molar refractivity (Wildman–Crippen MR) is 90.4 cm³/mol. The molecular weight excluding hydrogens is 368 g/mol. The molecule has 2 N–H and O–H groups in total. The molecule has 10 heteroatoms. The van der Waals surface area contributed by atoms with Crippen molar-refractivity contribution in [3.05, 3.63) is 59.2 Å². The molecule has 0 aliphatic rings. The Morgan fingerprint density at radius 2 is 1.89 bits per heavy atom. The molecule has 1 amide bonds. The molecule has 6 nitrogen and oxygen atoms in total. The van der Waals surface area contributed by atoms with Crippen LogP contribution < -0.4 is 10.5 Å². The number of amides is 1. The third-order valence-corrected chi connectivity index (χ3v) is 2.79. The minimum absolute atomic E-state index is 0.00436. The number of hydrogen-bond acceptors (Lipinski definition) is 4. The van der Waals surface area contributed by atoms with Gasteiger partial charge in [0.25, 0.3) is 5.91 Å². The summed E-state index contributed by atoms with van der Waals surface area (Å²) in [6, 6.07) is 2.88. The van der Waals surface area contributed by atoms with E-state index in [1.165, 1.54) is 18.6 Å². The van der Waals surface area contributed by atoms with Crippen molar-refractivity contribution >= 4 is 5.91 Å². The monoisotopic (exact) mass is 387 g/mol. The largest absolute Gasteiger partial charge is 0.654 e. The van der Waals surface area contributed by atoms with Crippen molar-refractivity contribution < 1.29 is 27.1 Å². The van der Waals surface area contributed by atoms with Gasteiger partial charge in [-0.05, 0) is 23.8 Å². The summed E-state index contributed by atoms with van der Waals surface area (Å²) in [5, 5.41) is 4.15. The van der Waals surface area contributed by atoms with E-state index >= 15 is 0 Å². The summed E-state index contributed by atoms with van der Waals surface area (Å²) in [5.41, 5.74) is 4.76. The molecule has 27 heavy (non-hydrogen) atoms. The summed E-state index contributed by atoms with van der Waals surface area (Å²) in [7, 11) is 0. The quantitative estimate of drug-likeness (QED) is 0.804. The molecular formula is C17H19F4N4O2-. The van der Waals surface area contributed by atoms with E-state index in [1.54, 1.807) is 0 Å². The van der Waals surface area contributed by atoms with E-state index in [2.05, 4.69) is 20.0 Å². The van der Waals surface area contributed by atoms with E-state index < -0.39 is 23.8 Å². The lowest BCUT2D eigenvalue weighted by atomic mass is 10.1. The lowest BCUT2D eigenvalue weighted by molar-refractivity contribution is -0.274. The molecule has 0 fully saturated rings. The van der Waals surface area contributed by atoms with Crippen LogP contribution in [0.15, 0.2) is 36.8 Å². The topological polar surface area (TPSA) is 92.2 Å². The van der Waals surface area contributed by atoms with Gasteiger partial charge < -0.3 is 15.8 Å². The highest BCUT2D eigenvalue weighted by molar-refractivity contribution is 5.90. The number of carbonyl (C=O) groups excluding carboxylic acids is 1. The number of ether oxygens (including phenoxy) is 1. The molecule has 0 radical (unpaired) electrons. The van der Waals surface area contributed by atoms with Crippen LogP contribution in [0.5, 0.6) is 5.75 Å². The molecule has 1 aromatic carbocycles. The van der Waals surface area contributed by atoms with E-state index in [4.69, 9.17) is 5.73 Å². The van der Waals surface area contributed by atoms with Gasteiger partial charge in [-0.2, -0.15) is 0 Å². The van der Waals surface area contributed by atoms with Crippen LogP contribution in [-0.2, 0) is 6.54 Å². The minimum Gasteiger partial charge on any atom is -0.654 e. The summed E-state index contributed by atoms with van der Waals surface area (Å²) >= 11 is 0. The van der Waals surface area contributed by atoms with Gasteiger partial charge in [0.05, 0.1) is 6.20 Å². The van der Waals surface area contributed by atoms with E-state index in [0.29, 0.717) is 0 Å². The Morgan fingerprint density at radius 1 is 1.22 bits per heavy atom. The summed E-state index contributed by atoms with van der Waals surface area (Å²) < 4.78 is 53.1. The Kier molecular flexibility index (Phi) is 7.65. The molecule has 0 atom stereocenters. The number of carbonyl (C=O) groups is 1. The fourth-order valence-corrected chi connectivity index (χ4v) is 1.62. The third kappa shape index (κ3) is 9.50. The van der Waals surface area contributed by atoms with Crippen LogP contribution in [0.3, 0.4) is 0 Å². The maximum atomic E-state index is 13.4. The molecule has 0 saturated carbocycles. The van der Waals surface area contributed by atoms with Crippen molar-refractivity contribution in [1.82, 2.24) is 9.97 Å². The molecule has 1 heterocycles. The Morgan fingerprint density at radius 3 is 2.33 bits per heavy atom. The second kappa shape index (κ2) is 9.26. The lowest BCUT2D eigenvalue weighted by Gasteiger charge is -2.36. The van der Waals surface area contributed by atoms with Gasteiger partial charge in [0.1, 0.15) is 17.3 Å². The predicted octanol–water partition coefficient (Wildman–Crippen LogP) is 3.97. The van der Waals surface area contributed by atoms with E-state index in [9.17, 15) is 22.4 Å². The first-order valence-electron chi connectivity index (χ1n) is 7.66. The van der Waals surface area contributed by atoms with Crippen LogP contribution in [0, 0.1) is 5.82 Å². The zero-order chi connectivity index (χ0) is 20.7. The summed E-state index contributed by atoms with van der Waals surface area (Å²) in [6.07, 6.45) is -0.564. The van der Waals surface area contributed by atoms with Crippen LogP contribution in [0.1, 0.15) is 36.8 Å². The number of alkyl halides is 3. The standard InChI is InChI=1S/C12H14F4NO.C5H5N3O/c1-11(2,3)17-7-8-6-9(4-5-10(8)13)18-12(14,15)16;6-5(9)4-3-7-1-2-8-4/h4-6H,7H2,1-3H3;1-3H,(H2,6,9)/q-1;. The van der Waals surface area contributed by atoms with E-state index in [-0.39, 0.29) is 23.3 Å². The van der Waals surface area contributed by atoms with Gasteiger partial charge in [-0.3, -0.25) is 9.78 Å². The number of rotatable bonds is 4. The van der Waals surface area contributed by atoms with Crippen molar-refractivity contribution in [3.8, 4) is 5.75 Å². The summed E-state index contributed by atoms with van der Waals surface area (Å²) in [5.74, 6) is -1.59. The SMILES string of the molecule is CC(C)(C)[N-]Cc1cc(OC(F)(F)F)ccc1F.NC(=O)c1cnccn1. The number of nitrogens with two attached hydrogens (primary N) is 1. The second-order valence-electron chi connectivity index (χ2n) is 6.24. The van der Waals surface area contributed by atoms with Crippen molar-refractivity contribution in [2.75, 3.05) is 0 Å². The van der Waals surface area contributed by atoms with Gasteiger partial charge in [0.15, 0.2) is 0 Å². The Hall–Kier alpha value is -2.75. The average molecular weight is 387 g/mol. The number of primary amides is 1. The maximum absolute atomic E-state index is 13.4. The summed E-state index contributed by atoms with van der Waals surface area (Å²) in [4.78, 5) is 17.6. The molecule has 0 saturated heterocycles. The first-order chi connectivity index (χ1) is 12.4. The first-order valence-corrected chi connectivity index (χ1v) is 7.66. The van der Waals surface area contributed by atoms with Crippen LogP contribution in [0.25, 0.3) is 5.32 Å². The summed E-state index contributed by atoms with van der Waals surface area (Å²) in [6.45, 7) is 5.47. The number of hydrogen-bond donors (Lipinski definition) is 1. The number of aromatic nitrogens is 2. The molecule has 0 spiro atoms. The number of nitrogens with zero attached hydrogens (tertiary/aromatic N) is 3. The molecule has 1 aromatic heterocycles. The lowest BCUT2D eigenvalue weighted by Crippen LogP contribution is -2.17. The zero-order valence-corrected chi connectivity index (χ0v) is 14.9. The van der Waals surface area contributed by atoms with Gasteiger partial charge in [-0.25, -0.2) is 9.37 Å². The van der Waals surface area contributed by atoms with Crippen LogP contribution in [-0.4, -0.2) is 27.8 Å². The van der Waals surface area contributed by atoms with Gasteiger partial charge in [0, 0.05) is 12.4 Å². The molecule has 0 aliphatic carbocycles. The molecule has 0 bridgehead atoms. The fraction of sp³-hybridized carbons (Fsp3) is 0.353. The van der Waals surface area contributed by atoms with Crippen LogP contribution in [0.2, 0.25) is 0 Å². The van der Waals surface area contributed by atoms with E-state index in [1.807, 2.05) is 20.8 Å². The van der Waals surface area contributed by atoms with Crippen molar-refractivity contribution in [1.29, 1.82) is 0 Å². The van der Waals surface area contributed by atoms with Gasteiger partial charge in [0.2, 0.25) is 0 Å². The smallest absolute Gasteiger partial charge is 0.573 e. The second-order valence-corrected chi connectivity index (χ2v) is 6.24. The first kappa shape index (κ1) is 22.3. The number of halogens is 4. The fourth-order valence-electron chi connectivity index (χ4n) is 1.62. The third-order valence-electron chi connectivity index (χ3n) is 2.79. The molecule has 2 rings (SSSR count). The van der Waals surface area contributed by atoms with Crippen LogP contribution >= 0.6 is 0 Å². The molecule has 148 valence electrons. The zero-order valence-electron chi connectivity index (χ0n) is 14.9. The van der Waals surface area contributed by atoms with Crippen LogP contribution in [0.4, 0.5) is 17.6 Å². The molecule has 0 aliphatic heterocycles. The van der Waals surface area contributed by atoms with E-state index in [0.717, 1.165) is 18.2 Å². The Balaban J connectivity index is 0.000000337. The van der Waals surface area contributed by atoms with Gasteiger partial charge >= 0.3 is 6.36 Å². The highest BCUT2D eigenvalue weighted by atomic mass is 19.4. The normalized spacial score (nSPS) is 11.4. The average Bonchev–Trinajstić information content (AvgIpc) is 2.54. The van der Waals surface area contributed by atoms with Gasteiger partial charge in [-0.15, -0.1) is 25.3 Å². The van der Waals surface area contributed by atoms with Crippen molar-refractivity contribution in [3.63, 3.8) is 0 Å². The highest BCUT2D eigenvalue weighted by Gasteiger charge is 2.31. The van der Waals surface area contributed by atoms with Gasteiger partial charge in [-0.1, -0.05) is 20.8 Å². The highest BCUT2D eigenvalue weighted by Crippen LogP contribution is 2.27. The Bertz CT molecular complexity index is 747. The minimum atomic E-state index is -4.78.